The van der Waals surface area contributed by atoms with E-state index in [4.69, 9.17) is 0 Å². The highest BCUT2D eigenvalue weighted by atomic mass is 16.1. The molecule has 0 aliphatic carbocycles. The topological polar surface area (TPSA) is 39.1 Å². The number of aromatic nitrogens is 1. The number of aryl methyl sites for hydroxylation is 1. The van der Waals surface area contributed by atoms with E-state index in [0.717, 1.165) is 17.3 Å². The number of Topliss-reactive ketones (excluding diaryl/α,β-unsaturated/α-hetero) is 1. The molecule has 0 aliphatic heterocycles. The molecule has 1 heterocycles. The number of pyridine rings is 1. The summed E-state index contributed by atoms with van der Waals surface area (Å²) in [5.41, 5.74) is 0.937. The minimum absolute atomic E-state index is 0.00218. The van der Waals surface area contributed by atoms with E-state index >= 15 is 0 Å². The summed E-state index contributed by atoms with van der Waals surface area (Å²) < 4.78 is 1.75. The lowest BCUT2D eigenvalue weighted by molar-refractivity contribution is -0.118. The number of fused-ring (bicyclic) bond motifs is 1. The molecule has 2 rings (SSSR count). The molecule has 0 bridgehead atoms. The summed E-state index contributed by atoms with van der Waals surface area (Å²) in [5, 5.41) is 1.05. The molecule has 0 aliphatic rings. The van der Waals surface area contributed by atoms with Gasteiger partial charge in [0.1, 0.15) is 5.78 Å². The smallest absolute Gasteiger partial charge is 0.251 e. The molecule has 0 unspecified atom stereocenters. The maximum Gasteiger partial charge on any atom is 0.251 e. The van der Waals surface area contributed by atoms with Crippen LogP contribution in [0.5, 0.6) is 0 Å². The number of hydrogen-bond acceptors (Lipinski definition) is 2. The molecule has 3 heteroatoms. The van der Waals surface area contributed by atoms with Crippen LogP contribution in [0.3, 0.4) is 0 Å². The number of nitrogens with zero attached hydrogens (tertiary/aromatic N) is 1. The summed E-state index contributed by atoms with van der Waals surface area (Å²) in [6.45, 7) is 2.47. The predicted molar refractivity (Wildman–Crippen MR) is 72.7 cm³/mol. The summed E-state index contributed by atoms with van der Waals surface area (Å²) >= 11 is 0. The number of ketones is 1. The van der Waals surface area contributed by atoms with Crippen molar-refractivity contribution in [3.05, 3.63) is 46.8 Å². The second-order valence-electron chi connectivity index (χ2n) is 4.38. The third kappa shape index (κ3) is 2.67. The Kier molecular flexibility index (Phi) is 3.92. The van der Waals surface area contributed by atoms with Crippen molar-refractivity contribution < 1.29 is 4.79 Å². The van der Waals surface area contributed by atoms with Crippen LogP contribution in [0.2, 0.25) is 0 Å². The molecule has 0 fully saturated rings. The summed E-state index contributed by atoms with van der Waals surface area (Å²) in [5.74, 6) is 0.253. The van der Waals surface area contributed by atoms with Gasteiger partial charge in [-0.1, -0.05) is 25.1 Å². The molecule has 3 nitrogen and oxygen atoms in total. The van der Waals surface area contributed by atoms with Gasteiger partial charge >= 0.3 is 0 Å². The minimum atomic E-state index is -0.00218. The Morgan fingerprint density at radius 3 is 2.72 bits per heavy atom. The molecule has 1 aromatic carbocycles. The Bertz CT molecular complexity index is 613. The van der Waals surface area contributed by atoms with Crippen LogP contribution in [0.4, 0.5) is 0 Å². The molecule has 18 heavy (non-hydrogen) atoms. The van der Waals surface area contributed by atoms with Gasteiger partial charge in [-0.25, -0.2) is 0 Å². The molecular formula is C15H17NO2. The first-order valence-corrected chi connectivity index (χ1v) is 6.32. The van der Waals surface area contributed by atoms with Gasteiger partial charge in [0, 0.05) is 25.5 Å². The highest BCUT2D eigenvalue weighted by Crippen LogP contribution is 2.11. The fourth-order valence-corrected chi connectivity index (χ4v) is 2.09. The third-order valence-corrected chi connectivity index (χ3v) is 3.13. The second kappa shape index (κ2) is 5.63. The number of rotatable bonds is 5. The van der Waals surface area contributed by atoms with Crippen LogP contribution < -0.4 is 5.56 Å². The van der Waals surface area contributed by atoms with Gasteiger partial charge in [0.25, 0.3) is 5.56 Å². The summed E-state index contributed by atoms with van der Waals surface area (Å²) in [7, 11) is 0. The predicted octanol–water partition coefficient (Wildman–Crippen LogP) is 2.76. The summed E-state index contributed by atoms with van der Waals surface area (Å²) in [6.07, 6.45) is 1.84. The molecule has 0 N–H and O–H groups in total. The molecule has 0 amide bonds. The maximum absolute atomic E-state index is 11.9. The van der Waals surface area contributed by atoms with Gasteiger partial charge < -0.3 is 4.57 Å². The molecule has 0 atom stereocenters. The molecule has 0 saturated heterocycles. The number of carbonyl (C=O) groups excluding carboxylic acids is 1. The number of hydrogen-bond donors (Lipinski definition) is 0. The average molecular weight is 243 g/mol. The first-order valence-electron chi connectivity index (χ1n) is 6.32. The lowest BCUT2D eigenvalue weighted by Crippen LogP contribution is -2.19. The van der Waals surface area contributed by atoms with E-state index in [1.54, 1.807) is 10.6 Å². The van der Waals surface area contributed by atoms with E-state index in [2.05, 4.69) is 0 Å². The fourth-order valence-electron chi connectivity index (χ4n) is 2.09. The summed E-state index contributed by atoms with van der Waals surface area (Å²) in [4.78, 5) is 23.1. The van der Waals surface area contributed by atoms with Crippen LogP contribution in [0.15, 0.2) is 41.2 Å². The van der Waals surface area contributed by atoms with E-state index in [1.807, 2.05) is 37.3 Å². The monoisotopic (exact) mass is 243 g/mol. The van der Waals surface area contributed by atoms with Crippen molar-refractivity contribution >= 4 is 16.7 Å². The van der Waals surface area contributed by atoms with Crippen molar-refractivity contribution in [3.8, 4) is 0 Å². The Morgan fingerprint density at radius 2 is 1.94 bits per heavy atom. The quantitative estimate of drug-likeness (QED) is 0.810. The molecule has 2 aromatic rings. The zero-order valence-electron chi connectivity index (χ0n) is 10.6. The van der Waals surface area contributed by atoms with E-state index in [-0.39, 0.29) is 11.3 Å². The molecule has 94 valence electrons. The number of benzene rings is 1. The Morgan fingerprint density at radius 1 is 1.17 bits per heavy atom. The lowest BCUT2D eigenvalue weighted by Gasteiger charge is -2.09. The first-order chi connectivity index (χ1) is 8.72. The molecule has 0 radical (unpaired) electrons. The Balaban J connectivity index is 2.24. The zero-order chi connectivity index (χ0) is 13.0. The highest BCUT2D eigenvalue weighted by molar-refractivity contribution is 5.79. The fraction of sp³-hybridized carbons (Fsp3) is 0.333. The number of carbonyl (C=O) groups is 1. The van der Waals surface area contributed by atoms with E-state index < -0.39 is 0 Å². The maximum atomic E-state index is 11.9. The van der Waals surface area contributed by atoms with Crippen molar-refractivity contribution in [2.24, 2.45) is 0 Å². The molecule has 0 saturated carbocycles. The van der Waals surface area contributed by atoms with E-state index in [1.165, 1.54) is 0 Å². The van der Waals surface area contributed by atoms with Gasteiger partial charge in [0.15, 0.2) is 0 Å². The normalized spacial score (nSPS) is 10.7. The average Bonchev–Trinajstić information content (AvgIpc) is 2.41. The molecule has 1 aromatic heterocycles. The SMILES string of the molecule is CCC(=O)CCCn1c(=O)ccc2ccccc21. The Labute approximate surface area is 106 Å². The Hall–Kier alpha value is -1.90. The van der Waals surface area contributed by atoms with Gasteiger partial charge in [-0.2, -0.15) is 0 Å². The zero-order valence-corrected chi connectivity index (χ0v) is 10.6. The van der Waals surface area contributed by atoms with E-state index in [9.17, 15) is 9.59 Å². The van der Waals surface area contributed by atoms with Crippen LogP contribution in [0, 0.1) is 0 Å². The van der Waals surface area contributed by atoms with Crippen molar-refractivity contribution in [3.63, 3.8) is 0 Å². The molecular weight excluding hydrogens is 226 g/mol. The van der Waals surface area contributed by atoms with Gasteiger partial charge in [-0.3, -0.25) is 9.59 Å². The second-order valence-corrected chi connectivity index (χ2v) is 4.38. The standard InChI is InChI=1S/C15H17NO2/c1-2-13(17)7-5-11-16-14-8-4-3-6-12(14)9-10-15(16)18/h3-4,6,8-10H,2,5,7,11H2,1H3. The van der Waals surface area contributed by atoms with Crippen LogP contribution >= 0.6 is 0 Å². The van der Waals surface area contributed by atoms with E-state index in [0.29, 0.717) is 19.4 Å². The van der Waals surface area contributed by atoms with Crippen LogP contribution in [-0.2, 0) is 11.3 Å². The highest BCUT2D eigenvalue weighted by Gasteiger charge is 2.03. The van der Waals surface area contributed by atoms with Crippen molar-refractivity contribution in [2.75, 3.05) is 0 Å². The van der Waals surface area contributed by atoms with Crippen LogP contribution in [0.25, 0.3) is 10.9 Å². The van der Waals surface area contributed by atoms with Crippen molar-refractivity contribution in [1.29, 1.82) is 0 Å². The summed E-state index contributed by atoms with van der Waals surface area (Å²) in [6, 6.07) is 11.2. The van der Waals surface area contributed by atoms with Gasteiger partial charge in [-0.15, -0.1) is 0 Å². The lowest BCUT2D eigenvalue weighted by atomic mass is 10.1. The minimum Gasteiger partial charge on any atom is -0.308 e. The first kappa shape index (κ1) is 12.6. The van der Waals surface area contributed by atoms with Crippen LogP contribution in [-0.4, -0.2) is 10.4 Å². The van der Waals surface area contributed by atoms with Gasteiger partial charge in [-0.05, 0) is 23.9 Å². The third-order valence-electron chi connectivity index (χ3n) is 3.13. The van der Waals surface area contributed by atoms with Crippen LogP contribution in [0.1, 0.15) is 26.2 Å². The van der Waals surface area contributed by atoms with Gasteiger partial charge in [0.2, 0.25) is 0 Å². The molecule has 0 spiro atoms. The van der Waals surface area contributed by atoms with Gasteiger partial charge in [0.05, 0.1) is 5.52 Å². The van der Waals surface area contributed by atoms with Crippen molar-refractivity contribution in [1.82, 2.24) is 4.57 Å². The number of para-hydroxylation sites is 1. The largest absolute Gasteiger partial charge is 0.308 e. The van der Waals surface area contributed by atoms with Crippen molar-refractivity contribution in [2.45, 2.75) is 32.7 Å².